The normalized spacial score (nSPS) is 12.5. The second-order valence-electron chi connectivity index (χ2n) is 25.9. The van der Waals surface area contributed by atoms with Gasteiger partial charge in [-0.05, 0) is 126 Å². The topological polar surface area (TPSA) is 94.3 Å². The van der Waals surface area contributed by atoms with Gasteiger partial charge >= 0.3 is 0 Å². The second kappa shape index (κ2) is 28.4. The first-order valence-corrected chi connectivity index (χ1v) is 31.0. The Kier molecular flexibility index (Phi) is 20.7. The van der Waals surface area contributed by atoms with Crippen molar-refractivity contribution in [2.75, 3.05) is 109 Å². The molecule has 0 radical (unpaired) electrons. The summed E-state index contributed by atoms with van der Waals surface area (Å²) < 4.78 is 28.0. The summed E-state index contributed by atoms with van der Waals surface area (Å²) in [5, 5.41) is 0. The van der Waals surface area contributed by atoms with Crippen molar-refractivity contribution in [3.05, 3.63) is 144 Å². The second-order valence-corrected chi connectivity index (χ2v) is 25.9. The van der Waals surface area contributed by atoms with Gasteiger partial charge in [-0.2, -0.15) is 0 Å². The quantitative estimate of drug-likeness (QED) is 0.0344. The molecule has 2 aliphatic heterocycles. The highest BCUT2D eigenvalue weighted by Crippen LogP contribution is 2.40. The van der Waals surface area contributed by atoms with Gasteiger partial charge in [0, 0.05) is 63.6 Å². The molecule has 84 heavy (non-hydrogen) atoms. The molecule has 9 rings (SSSR count). The van der Waals surface area contributed by atoms with Gasteiger partial charge in [0.2, 0.25) is 0 Å². The predicted octanol–water partition coefficient (Wildman–Crippen LogP) is 16.7. The first kappa shape index (κ1) is 61.1. The van der Waals surface area contributed by atoms with Gasteiger partial charge in [-0.1, -0.05) is 107 Å². The van der Waals surface area contributed by atoms with E-state index in [1.807, 2.05) is 0 Å². The Morgan fingerprint density at radius 1 is 0.298 bits per heavy atom. The Bertz CT molecular complexity index is 3420. The zero-order valence-corrected chi connectivity index (χ0v) is 52.2. The molecule has 442 valence electrons. The Morgan fingerprint density at radius 3 is 0.786 bits per heavy atom. The van der Waals surface area contributed by atoms with Gasteiger partial charge in [0.1, 0.15) is 23.0 Å². The molecule has 2 N–H and O–H groups in total. The van der Waals surface area contributed by atoms with E-state index in [0.717, 1.165) is 171 Å². The maximum atomic E-state index is 6.37. The fourth-order valence-electron chi connectivity index (χ4n) is 11.1. The van der Waals surface area contributed by atoms with Crippen molar-refractivity contribution < 1.29 is 32.4 Å². The van der Waals surface area contributed by atoms with Crippen LogP contribution in [0.3, 0.4) is 0 Å². The van der Waals surface area contributed by atoms with Crippen LogP contribution in [0.15, 0.2) is 121 Å². The highest BCUT2D eigenvalue weighted by Gasteiger charge is 2.20. The summed E-state index contributed by atoms with van der Waals surface area (Å²) in [6, 6.07) is 42.7. The zero-order chi connectivity index (χ0) is 59.1. The molecular formula is C73H94N7O4+3. The monoisotopic (exact) mass is 1130 g/mol. The van der Waals surface area contributed by atoms with E-state index >= 15 is 0 Å². The molecule has 0 fully saturated rings. The van der Waals surface area contributed by atoms with Crippen LogP contribution in [0, 0.1) is 0 Å². The number of aromatic amines is 2. The van der Waals surface area contributed by atoms with E-state index in [4.69, 9.17) is 28.9 Å². The first-order chi connectivity index (χ1) is 40.5. The van der Waals surface area contributed by atoms with E-state index in [1.165, 1.54) is 51.4 Å². The van der Waals surface area contributed by atoms with E-state index < -0.39 is 0 Å². The van der Waals surface area contributed by atoms with Crippen molar-refractivity contribution in [3.8, 4) is 67.5 Å². The molecule has 0 aliphatic carbocycles. The van der Waals surface area contributed by atoms with Crippen LogP contribution in [0.5, 0.6) is 23.0 Å². The number of rotatable bonds is 30. The van der Waals surface area contributed by atoms with Gasteiger partial charge in [-0.3, -0.25) is 0 Å². The average Bonchev–Trinajstić information content (AvgIpc) is 2.38. The van der Waals surface area contributed by atoms with Crippen molar-refractivity contribution >= 4 is 46.4 Å². The molecule has 8 bridgehead atoms. The van der Waals surface area contributed by atoms with Crippen LogP contribution in [-0.2, 0) is 0 Å². The number of hydrogen-bond acceptors (Lipinski definition) is 6. The maximum Gasteiger partial charge on any atom is 0.119 e. The van der Waals surface area contributed by atoms with Gasteiger partial charge in [0.25, 0.3) is 0 Å². The number of benzene rings is 4. The number of nitrogens with one attached hydrogen (secondary N) is 2. The minimum Gasteiger partial charge on any atom is -0.494 e. The summed E-state index contributed by atoms with van der Waals surface area (Å²) in [7, 11) is 19.9. The zero-order valence-electron chi connectivity index (χ0n) is 52.2. The van der Waals surface area contributed by atoms with Crippen LogP contribution in [0.1, 0.15) is 107 Å². The number of nitrogens with zero attached hydrogens (tertiary/aromatic N) is 5. The van der Waals surface area contributed by atoms with Gasteiger partial charge in [-0.15, -0.1) is 0 Å². The predicted molar refractivity (Wildman–Crippen MR) is 352 cm³/mol. The third-order valence-corrected chi connectivity index (χ3v) is 15.6. The lowest BCUT2D eigenvalue weighted by atomic mass is 10.0. The minimum absolute atomic E-state index is 0.654. The summed E-state index contributed by atoms with van der Waals surface area (Å²) in [4.78, 5) is 19.1. The van der Waals surface area contributed by atoms with E-state index in [2.05, 4.69) is 226 Å². The highest BCUT2D eigenvalue weighted by molar-refractivity contribution is 6.00. The smallest absolute Gasteiger partial charge is 0.119 e. The summed E-state index contributed by atoms with van der Waals surface area (Å²) in [5.74, 6) is 3.40. The number of ether oxygens (including phenoxy) is 4. The van der Waals surface area contributed by atoms with Crippen molar-refractivity contribution in [1.82, 2.24) is 19.9 Å². The number of H-pyrrole nitrogens is 2. The maximum absolute atomic E-state index is 6.37. The summed E-state index contributed by atoms with van der Waals surface area (Å²) in [5.41, 5.74) is 15.1. The van der Waals surface area contributed by atoms with E-state index in [0.29, 0.717) is 26.4 Å². The van der Waals surface area contributed by atoms with Crippen molar-refractivity contribution in [2.45, 2.75) is 84.0 Å². The molecule has 0 saturated heterocycles. The molecule has 0 unspecified atom stereocenters. The standard InChI is InChI=1S/C73H94N7O4/c1-11-12-13-14-15-16-17-18-19-50-81-58-31-23-54(24-32-58)70-62-39-41-64(74-62)71(55-25-33-59(34-26-55)82-51-20-47-78(2,3)4)66-43-45-68(76-66)73(57-29-37-61(38-30-57)84-53-22-49-80(8,9)10)69-46-44-67(77-69)72(65-42-40-63(70)75-65)56-27-35-60(36-28-56)83-52-21-48-79(5,6)7/h23-46,74,77H,11-22,47-53H2,1-10H3/q+3. The lowest BCUT2D eigenvalue weighted by Crippen LogP contribution is -2.36. The Hall–Kier alpha value is -7.44. The first-order valence-electron chi connectivity index (χ1n) is 31.0. The molecule has 0 saturated carbocycles. The number of aromatic nitrogens is 4. The molecule has 0 atom stereocenters. The third kappa shape index (κ3) is 17.3. The Morgan fingerprint density at radius 2 is 0.536 bits per heavy atom. The van der Waals surface area contributed by atoms with Gasteiger partial charge in [-0.25, -0.2) is 9.97 Å². The molecule has 2 aliphatic rings. The minimum atomic E-state index is 0.654. The third-order valence-electron chi connectivity index (χ3n) is 15.6. The molecule has 11 nitrogen and oxygen atoms in total. The number of hydrogen-bond donors (Lipinski definition) is 2. The average molecular weight is 1130 g/mol. The van der Waals surface area contributed by atoms with Crippen LogP contribution in [0.2, 0.25) is 0 Å². The lowest BCUT2D eigenvalue weighted by Gasteiger charge is -2.23. The summed E-state index contributed by atoms with van der Waals surface area (Å²) in [6.07, 6.45) is 23.0. The van der Waals surface area contributed by atoms with E-state index in [9.17, 15) is 0 Å². The van der Waals surface area contributed by atoms with Crippen LogP contribution in [0.4, 0.5) is 0 Å². The fourth-order valence-corrected chi connectivity index (χ4v) is 11.1. The van der Waals surface area contributed by atoms with E-state index in [-0.39, 0.29) is 0 Å². The molecule has 0 spiro atoms. The highest BCUT2D eigenvalue weighted by atomic mass is 16.5. The SMILES string of the molecule is CCCCCCCCCCCOc1ccc(-c2c3nc(c(-c4ccc(OCCC[N+](C)(C)C)cc4)c4ccc([nH]4)c(-c4ccc(OCCC[N+](C)(C)C)cc4)c4nc(c(-c5ccc(OCCC[N+](C)(C)C)cc5)c5ccc2[nH]5)C=C4)C=C3)cc1. The van der Waals surface area contributed by atoms with Crippen LogP contribution in [0.25, 0.3) is 90.9 Å². The molecule has 4 aromatic carbocycles. The molecule has 11 heteroatoms. The molecule has 5 heterocycles. The van der Waals surface area contributed by atoms with Crippen molar-refractivity contribution in [1.29, 1.82) is 0 Å². The molecule has 0 amide bonds. The Balaban J connectivity index is 1.17. The molecule has 7 aromatic rings. The lowest BCUT2D eigenvalue weighted by molar-refractivity contribution is -0.870. The molecule has 3 aromatic heterocycles. The number of quaternary nitrogens is 3. The van der Waals surface area contributed by atoms with Gasteiger partial charge in [0.05, 0.1) is 132 Å². The van der Waals surface area contributed by atoms with Crippen LogP contribution >= 0.6 is 0 Å². The number of fused-ring (bicyclic) bond motifs is 8. The summed E-state index contributed by atoms with van der Waals surface area (Å²) in [6.45, 7) is 8.05. The Labute approximate surface area is 501 Å². The molecular weight excluding hydrogens is 1040 g/mol. The van der Waals surface area contributed by atoms with Crippen molar-refractivity contribution in [2.24, 2.45) is 0 Å². The van der Waals surface area contributed by atoms with Crippen LogP contribution in [-0.4, -0.2) is 143 Å². The summed E-state index contributed by atoms with van der Waals surface area (Å²) >= 11 is 0. The number of unbranched alkanes of at least 4 members (excludes halogenated alkanes) is 8. The van der Waals surface area contributed by atoms with Crippen molar-refractivity contribution in [3.63, 3.8) is 0 Å². The van der Waals surface area contributed by atoms with Gasteiger partial charge < -0.3 is 42.4 Å². The van der Waals surface area contributed by atoms with E-state index in [1.54, 1.807) is 0 Å². The van der Waals surface area contributed by atoms with Gasteiger partial charge in [0.15, 0.2) is 0 Å². The fraction of sp³-hybridized carbons (Fsp3) is 0.397. The largest absolute Gasteiger partial charge is 0.494 e. The van der Waals surface area contributed by atoms with Crippen LogP contribution < -0.4 is 18.9 Å².